The highest BCUT2D eigenvalue weighted by atomic mass is 19.1. The average Bonchev–Trinajstić information content (AvgIpc) is 3.45. The lowest BCUT2D eigenvalue weighted by molar-refractivity contribution is 0.0711. The van der Waals surface area contributed by atoms with Gasteiger partial charge in [-0.15, -0.1) is 0 Å². The summed E-state index contributed by atoms with van der Waals surface area (Å²) < 4.78 is 21.3. The molecule has 6 nitrogen and oxygen atoms in total. The first-order valence-corrected chi connectivity index (χ1v) is 9.11. The Morgan fingerprint density at radius 3 is 2.55 bits per heavy atom. The van der Waals surface area contributed by atoms with Crippen LogP contribution in [0.25, 0.3) is 17.0 Å². The first kappa shape index (κ1) is 18.6. The second-order valence-corrected chi connectivity index (χ2v) is 6.67. The van der Waals surface area contributed by atoms with E-state index in [2.05, 4.69) is 10.1 Å². The Morgan fingerprint density at radius 2 is 1.86 bits per heavy atom. The van der Waals surface area contributed by atoms with Crippen LogP contribution in [-0.4, -0.2) is 32.6 Å². The molecule has 0 fully saturated rings. The third-order valence-corrected chi connectivity index (χ3v) is 4.92. The summed E-state index contributed by atoms with van der Waals surface area (Å²) in [5, 5.41) is 4.10. The van der Waals surface area contributed by atoms with Crippen molar-refractivity contribution in [2.75, 3.05) is 7.05 Å². The lowest BCUT2D eigenvalue weighted by Crippen LogP contribution is -2.29. The van der Waals surface area contributed by atoms with Gasteiger partial charge in [-0.3, -0.25) is 4.79 Å². The monoisotopic (exact) mass is 390 g/mol. The standard InChI is InChI=1S/C22H19FN4O2/c1-15(16-7-9-17(10-8-16)27-14-24-13-25-27)26(2)22(28)21-12-11-20(29-21)18-5-3-4-6-19(18)23/h3-15H,1-2H3/t15-/m0/s1. The number of hydrogen-bond donors (Lipinski definition) is 0. The molecule has 2 aromatic carbocycles. The van der Waals surface area contributed by atoms with Crippen molar-refractivity contribution in [3.05, 3.63) is 90.5 Å². The van der Waals surface area contributed by atoms with Gasteiger partial charge in [0.05, 0.1) is 17.3 Å². The van der Waals surface area contributed by atoms with Gasteiger partial charge in [-0.05, 0) is 48.9 Å². The summed E-state index contributed by atoms with van der Waals surface area (Å²) in [6, 6.07) is 17.0. The van der Waals surface area contributed by atoms with E-state index in [-0.39, 0.29) is 17.7 Å². The van der Waals surface area contributed by atoms with E-state index in [1.807, 2.05) is 31.2 Å². The molecule has 2 aromatic heterocycles. The Kier molecular flexibility index (Phi) is 4.95. The molecule has 1 amide bonds. The molecule has 0 aliphatic carbocycles. The van der Waals surface area contributed by atoms with E-state index in [1.165, 1.54) is 12.4 Å². The molecule has 29 heavy (non-hydrogen) atoms. The fraction of sp³-hybridized carbons (Fsp3) is 0.136. The van der Waals surface area contributed by atoms with Crippen LogP contribution in [0.15, 0.2) is 77.7 Å². The van der Waals surface area contributed by atoms with Crippen molar-refractivity contribution in [3.8, 4) is 17.0 Å². The minimum atomic E-state index is -0.393. The normalized spacial score (nSPS) is 12.0. The number of furan rings is 1. The van der Waals surface area contributed by atoms with Gasteiger partial charge in [0, 0.05) is 7.05 Å². The quantitative estimate of drug-likeness (QED) is 0.503. The smallest absolute Gasteiger partial charge is 0.289 e. The van der Waals surface area contributed by atoms with Crippen LogP contribution in [0, 0.1) is 5.82 Å². The molecular weight excluding hydrogens is 371 g/mol. The number of carbonyl (C=O) groups excluding carboxylic acids is 1. The van der Waals surface area contributed by atoms with Gasteiger partial charge in [-0.25, -0.2) is 14.1 Å². The molecule has 2 heterocycles. The van der Waals surface area contributed by atoms with Gasteiger partial charge in [0.25, 0.3) is 5.91 Å². The highest BCUT2D eigenvalue weighted by molar-refractivity contribution is 5.92. The van der Waals surface area contributed by atoms with Crippen LogP contribution in [0.5, 0.6) is 0 Å². The summed E-state index contributed by atoms with van der Waals surface area (Å²) in [4.78, 5) is 18.4. The van der Waals surface area contributed by atoms with Gasteiger partial charge in [-0.1, -0.05) is 24.3 Å². The van der Waals surface area contributed by atoms with E-state index in [4.69, 9.17) is 4.42 Å². The lowest BCUT2D eigenvalue weighted by Gasteiger charge is -2.24. The zero-order valence-corrected chi connectivity index (χ0v) is 16.0. The molecule has 0 radical (unpaired) electrons. The zero-order chi connectivity index (χ0) is 20.4. The van der Waals surface area contributed by atoms with Crippen molar-refractivity contribution < 1.29 is 13.6 Å². The van der Waals surface area contributed by atoms with Crippen LogP contribution in [0.1, 0.15) is 29.1 Å². The van der Waals surface area contributed by atoms with E-state index < -0.39 is 5.82 Å². The van der Waals surface area contributed by atoms with Gasteiger partial charge in [0.2, 0.25) is 0 Å². The van der Waals surface area contributed by atoms with Crippen molar-refractivity contribution in [2.45, 2.75) is 13.0 Å². The van der Waals surface area contributed by atoms with E-state index in [1.54, 1.807) is 53.3 Å². The molecule has 146 valence electrons. The maximum Gasteiger partial charge on any atom is 0.289 e. The molecule has 0 aliphatic heterocycles. The van der Waals surface area contributed by atoms with Crippen molar-refractivity contribution in [1.29, 1.82) is 0 Å². The highest BCUT2D eigenvalue weighted by Gasteiger charge is 2.22. The molecule has 4 aromatic rings. The molecule has 0 aliphatic rings. The summed E-state index contributed by atoms with van der Waals surface area (Å²) in [5.41, 5.74) is 2.17. The number of amides is 1. The second-order valence-electron chi connectivity index (χ2n) is 6.67. The van der Waals surface area contributed by atoms with E-state index in [9.17, 15) is 9.18 Å². The first-order chi connectivity index (χ1) is 14.0. The fourth-order valence-electron chi connectivity index (χ4n) is 3.08. The average molecular weight is 390 g/mol. The van der Waals surface area contributed by atoms with Crippen LogP contribution in [0.3, 0.4) is 0 Å². The fourth-order valence-corrected chi connectivity index (χ4v) is 3.08. The number of rotatable bonds is 5. The summed E-state index contributed by atoms with van der Waals surface area (Å²) >= 11 is 0. The number of carbonyl (C=O) groups is 1. The van der Waals surface area contributed by atoms with Gasteiger partial charge >= 0.3 is 0 Å². The van der Waals surface area contributed by atoms with E-state index >= 15 is 0 Å². The SMILES string of the molecule is C[C@@H](c1ccc(-n2cncn2)cc1)N(C)C(=O)c1ccc(-c2ccccc2F)o1. The van der Waals surface area contributed by atoms with Crippen LogP contribution in [0.4, 0.5) is 4.39 Å². The molecule has 0 N–H and O–H groups in total. The first-order valence-electron chi connectivity index (χ1n) is 9.11. The molecule has 4 rings (SSSR count). The molecule has 7 heteroatoms. The Bertz CT molecular complexity index is 1120. The van der Waals surface area contributed by atoms with Crippen LogP contribution >= 0.6 is 0 Å². The van der Waals surface area contributed by atoms with Gasteiger partial charge in [0.1, 0.15) is 24.2 Å². The lowest BCUT2D eigenvalue weighted by atomic mass is 10.1. The summed E-state index contributed by atoms with van der Waals surface area (Å²) in [6.45, 7) is 1.93. The molecule has 0 unspecified atom stereocenters. The van der Waals surface area contributed by atoms with Gasteiger partial charge in [-0.2, -0.15) is 5.10 Å². The number of hydrogen-bond acceptors (Lipinski definition) is 4. The maximum atomic E-state index is 14.0. The predicted molar refractivity (Wildman–Crippen MR) is 106 cm³/mol. The van der Waals surface area contributed by atoms with Crippen molar-refractivity contribution in [3.63, 3.8) is 0 Å². The third-order valence-electron chi connectivity index (χ3n) is 4.92. The summed E-state index contributed by atoms with van der Waals surface area (Å²) in [6.07, 6.45) is 3.10. The molecule has 1 atom stereocenters. The summed E-state index contributed by atoms with van der Waals surface area (Å²) in [7, 11) is 1.71. The predicted octanol–water partition coefficient (Wildman–Crippen LogP) is 4.50. The van der Waals surface area contributed by atoms with Crippen LogP contribution in [-0.2, 0) is 0 Å². The van der Waals surface area contributed by atoms with Crippen molar-refractivity contribution >= 4 is 5.91 Å². The molecular formula is C22H19FN4O2. The minimum Gasteiger partial charge on any atom is -0.451 e. The Balaban J connectivity index is 1.51. The molecule has 0 bridgehead atoms. The van der Waals surface area contributed by atoms with E-state index in [0.717, 1.165) is 11.3 Å². The Labute approximate surface area is 167 Å². The number of nitrogens with zero attached hydrogens (tertiary/aromatic N) is 4. The van der Waals surface area contributed by atoms with E-state index in [0.29, 0.717) is 11.3 Å². The number of halogens is 1. The zero-order valence-electron chi connectivity index (χ0n) is 16.0. The van der Waals surface area contributed by atoms with Crippen molar-refractivity contribution in [1.82, 2.24) is 19.7 Å². The second kappa shape index (κ2) is 7.71. The molecule has 0 saturated heterocycles. The maximum absolute atomic E-state index is 14.0. The Morgan fingerprint density at radius 1 is 1.10 bits per heavy atom. The molecule has 0 spiro atoms. The minimum absolute atomic E-state index is 0.164. The number of benzene rings is 2. The largest absolute Gasteiger partial charge is 0.451 e. The van der Waals surface area contributed by atoms with Gasteiger partial charge in [0.15, 0.2) is 5.76 Å². The van der Waals surface area contributed by atoms with Gasteiger partial charge < -0.3 is 9.32 Å². The number of aromatic nitrogens is 3. The molecule has 0 saturated carbocycles. The highest BCUT2D eigenvalue weighted by Crippen LogP contribution is 2.27. The Hall–Kier alpha value is -3.74. The summed E-state index contributed by atoms with van der Waals surface area (Å²) in [5.74, 6) is -0.183. The third kappa shape index (κ3) is 3.67. The topological polar surface area (TPSA) is 64.2 Å². The van der Waals surface area contributed by atoms with Crippen molar-refractivity contribution in [2.24, 2.45) is 0 Å². The van der Waals surface area contributed by atoms with Crippen LogP contribution < -0.4 is 0 Å². The van der Waals surface area contributed by atoms with Crippen LogP contribution in [0.2, 0.25) is 0 Å².